The van der Waals surface area contributed by atoms with Gasteiger partial charge in [0.05, 0.1) is 12.6 Å². The number of benzene rings is 2. The van der Waals surface area contributed by atoms with E-state index in [4.69, 9.17) is 0 Å². The zero-order valence-corrected chi connectivity index (χ0v) is 21.1. The van der Waals surface area contributed by atoms with Crippen molar-refractivity contribution in [2.24, 2.45) is 5.92 Å². The third-order valence-corrected chi connectivity index (χ3v) is 8.75. The van der Waals surface area contributed by atoms with E-state index in [2.05, 4.69) is 64.9 Å². The molecule has 2 aromatic rings. The van der Waals surface area contributed by atoms with Crippen molar-refractivity contribution >= 4 is 5.70 Å². The Kier molecular flexibility index (Phi) is 7.59. The number of halogens is 1. The maximum absolute atomic E-state index is 14.4. The van der Waals surface area contributed by atoms with E-state index in [1.165, 1.54) is 36.0 Å². The summed E-state index contributed by atoms with van der Waals surface area (Å²) in [5.74, 6) is 0.768. The van der Waals surface area contributed by atoms with Crippen LogP contribution in [0.1, 0.15) is 62.5 Å². The molecule has 4 heteroatoms. The molecule has 2 aromatic carbocycles. The van der Waals surface area contributed by atoms with E-state index in [1.807, 2.05) is 0 Å². The van der Waals surface area contributed by atoms with E-state index < -0.39 is 5.67 Å². The summed E-state index contributed by atoms with van der Waals surface area (Å²) in [5.41, 5.74) is 5.14. The average Bonchev–Trinajstić information content (AvgIpc) is 3.36. The molecule has 3 nitrogen and oxygen atoms in total. The van der Waals surface area contributed by atoms with E-state index in [1.54, 1.807) is 0 Å². The molecule has 2 saturated heterocycles. The van der Waals surface area contributed by atoms with E-state index in [0.29, 0.717) is 6.54 Å². The number of nitrogens with zero attached hydrogens (tertiary/aromatic N) is 2. The second-order valence-corrected chi connectivity index (χ2v) is 11.2. The van der Waals surface area contributed by atoms with Crippen LogP contribution in [0.25, 0.3) is 16.8 Å². The Morgan fingerprint density at radius 2 is 1.57 bits per heavy atom. The van der Waals surface area contributed by atoms with Crippen LogP contribution < -0.4 is 0 Å². The second-order valence-electron chi connectivity index (χ2n) is 11.2. The van der Waals surface area contributed by atoms with Crippen LogP contribution in [-0.2, 0) is 6.42 Å². The van der Waals surface area contributed by atoms with Crippen LogP contribution in [-0.4, -0.2) is 59.4 Å². The topological polar surface area (TPSA) is 26.7 Å². The van der Waals surface area contributed by atoms with Crippen molar-refractivity contribution in [2.45, 2.75) is 69.5 Å². The zero-order valence-electron chi connectivity index (χ0n) is 21.1. The van der Waals surface area contributed by atoms with Gasteiger partial charge in [0, 0.05) is 18.8 Å². The summed E-state index contributed by atoms with van der Waals surface area (Å²) in [7, 11) is 0. The van der Waals surface area contributed by atoms with Gasteiger partial charge >= 0.3 is 0 Å². The van der Waals surface area contributed by atoms with Gasteiger partial charge in [0.15, 0.2) is 0 Å². The van der Waals surface area contributed by atoms with Gasteiger partial charge < -0.3 is 14.9 Å². The number of aliphatic hydroxyl groups excluding tert-OH is 1. The van der Waals surface area contributed by atoms with Crippen molar-refractivity contribution < 1.29 is 9.50 Å². The molecule has 35 heavy (non-hydrogen) atoms. The van der Waals surface area contributed by atoms with Gasteiger partial charge in [-0.25, -0.2) is 4.39 Å². The highest BCUT2D eigenvalue weighted by Crippen LogP contribution is 2.37. The summed E-state index contributed by atoms with van der Waals surface area (Å²) < 4.78 is 14.4. The van der Waals surface area contributed by atoms with Gasteiger partial charge in [-0.3, -0.25) is 0 Å². The summed E-state index contributed by atoms with van der Waals surface area (Å²) in [5, 5.41) is 9.62. The molecule has 5 rings (SSSR count). The summed E-state index contributed by atoms with van der Waals surface area (Å²) in [6.07, 6.45) is 9.54. The minimum atomic E-state index is -0.875. The molecule has 2 aliphatic heterocycles. The normalized spacial score (nSPS) is 22.8. The predicted molar refractivity (Wildman–Crippen MR) is 143 cm³/mol. The van der Waals surface area contributed by atoms with Crippen molar-refractivity contribution in [1.29, 1.82) is 0 Å². The lowest BCUT2D eigenvalue weighted by Gasteiger charge is -2.41. The van der Waals surface area contributed by atoms with Crippen molar-refractivity contribution in [3.05, 3.63) is 66.2 Å². The first-order valence-electron chi connectivity index (χ1n) is 13.7. The predicted octanol–water partition coefficient (Wildman–Crippen LogP) is 6.32. The first-order chi connectivity index (χ1) is 17.0. The SMILES string of the molecule is C=C(c1ccc(-c2ccc(CCC3CCN(CC4(F)CCC4)CC3)cc2)cc1)N1CCCC1CO. The van der Waals surface area contributed by atoms with Crippen LogP contribution in [0.4, 0.5) is 4.39 Å². The number of rotatable bonds is 9. The van der Waals surface area contributed by atoms with Crippen LogP contribution in [0.5, 0.6) is 0 Å². The molecule has 1 atom stereocenters. The summed E-state index contributed by atoms with van der Waals surface area (Å²) in [6, 6.07) is 17.9. The van der Waals surface area contributed by atoms with Gasteiger partial charge in [0.1, 0.15) is 5.67 Å². The molecule has 0 aromatic heterocycles. The Bertz CT molecular complexity index is 974. The second kappa shape index (κ2) is 10.8. The fourth-order valence-corrected chi connectivity index (χ4v) is 6.19. The molecule has 1 N–H and O–H groups in total. The van der Waals surface area contributed by atoms with Crippen molar-refractivity contribution in [2.75, 3.05) is 32.8 Å². The van der Waals surface area contributed by atoms with Crippen LogP contribution >= 0.6 is 0 Å². The highest BCUT2D eigenvalue weighted by atomic mass is 19.1. The van der Waals surface area contributed by atoms with Gasteiger partial charge in [0.25, 0.3) is 0 Å². The van der Waals surface area contributed by atoms with Gasteiger partial charge in [-0.2, -0.15) is 0 Å². The summed E-state index contributed by atoms with van der Waals surface area (Å²) >= 11 is 0. The monoisotopic (exact) mass is 476 g/mol. The zero-order chi connectivity index (χ0) is 24.3. The van der Waals surface area contributed by atoms with Crippen LogP contribution in [0, 0.1) is 5.92 Å². The molecular weight excluding hydrogens is 435 g/mol. The fraction of sp³-hybridized carbons (Fsp3) is 0.548. The molecule has 2 heterocycles. The lowest BCUT2D eigenvalue weighted by Crippen LogP contribution is -2.47. The first kappa shape index (κ1) is 24.5. The van der Waals surface area contributed by atoms with Gasteiger partial charge in [-0.15, -0.1) is 0 Å². The maximum atomic E-state index is 14.4. The molecular formula is C31H41FN2O. The largest absolute Gasteiger partial charge is 0.394 e. The van der Waals surface area contributed by atoms with Gasteiger partial charge in [-0.1, -0.05) is 55.1 Å². The quantitative estimate of drug-likeness (QED) is 0.459. The van der Waals surface area contributed by atoms with E-state index in [-0.39, 0.29) is 12.6 Å². The summed E-state index contributed by atoms with van der Waals surface area (Å²) in [6.45, 7) is 8.27. The fourth-order valence-electron chi connectivity index (χ4n) is 6.19. The highest BCUT2D eigenvalue weighted by molar-refractivity contribution is 5.69. The Balaban J connectivity index is 1.09. The molecule has 0 radical (unpaired) electrons. The third-order valence-electron chi connectivity index (χ3n) is 8.75. The van der Waals surface area contributed by atoms with Gasteiger partial charge in [-0.05, 0) is 99.0 Å². The minimum Gasteiger partial charge on any atom is -0.394 e. The number of aliphatic hydroxyl groups is 1. The van der Waals surface area contributed by atoms with E-state index in [0.717, 1.165) is 75.3 Å². The highest BCUT2D eigenvalue weighted by Gasteiger charge is 2.39. The molecule has 1 saturated carbocycles. The van der Waals surface area contributed by atoms with Gasteiger partial charge in [0.2, 0.25) is 0 Å². The Morgan fingerprint density at radius 1 is 0.914 bits per heavy atom. The number of likely N-dealkylation sites (tertiary alicyclic amines) is 2. The number of alkyl halides is 1. The molecule has 3 fully saturated rings. The van der Waals surface area contributed by atoms with Crippen molar-refractivity contribution in [1.82, 2.24) is 9.80 Å². The Labute approximate surface area is 210 Å². The van der Waals surface area contributed by atoms with Crippen molar-refractivity contribution in [3.8, 4) is 11.1 Å². The molecule has 0 spiro atoms. The maximum Gasteiger partial charge on any atom is 0.123 e. The number of hydrogen-bond acceptors (Lipinski definition) is 3. The molecule has 3 aliphatic rings. The molecule has 0 bridgehead atoms. The van der Waals surface area contributed by atoms with Crippen LogP contribution in [0.3, 0.4) is 0 Å². The smallest absolute Gasteiger partial charge is 0.123 e. The van der Waals surface area contributed by atoms with Crippen LogP contribution in [0.15, 0.2) is 55.1 Å². The molecule has 0 amide bonds. The Morgan fingerprint density at radius 3 is 2.17 bits per heavy atom. The number of piperidine rings is 1. The van der Waals surface area contributed by atoms with Crippen LogP contribution in [0.2, 0.25) is 0 Å². The lowest BCUT2D eigenvalue weighted by atomic mass is 9.81. The molecule has 188 valence electrons. The third kappa shape index (κ3) is 5.81. The van der Waals surface area contributed by atoms with E-state index >= 15 is 0 Å². The number of aryl methyl sites for hydroxylation is 1. The summed E-state index contributed by atoms with van der Waals surface area (Å²) in [4.78, 5) is 4.61. The Hall–Kier alpha value is -2.17. The average molecular weight is 477 g/mol. The molecule has 1 aliphatic carbocycles. The minimum absolute atomic E-state index is 0.197. The van der Waals surface area contributed by atoms with E-state index in [9.17, 15) is 9.50 Å². The first-order valence-corrected chi connectivity index (χ1v) is 13.7. The van der Waals surface area contributed by atoms with Crippen molar-refractivity contribution in [3.63, 3.8) is 0 Å². The number of hydrogen-bond donors (Lipinski definition) is 1. The molecule has 1 unspecified atom stereocenters. The lowest BCUT2D eigenvalue weighted by molar-refractivity contribution is 0.00965. The standard InChI is InChI=1S/C31H41FN2O/c1-24(34-19-2-4-30(34)22-35)27-11-13-29(14-12-27)28-9-7-25(8-10-28)5-6-26-15-20-33(21-16-26)23-31(32)17-3-18-31/h7-14,26,30,35H,1-6,15-23H2.